The normalized spacial score (nSPS) is 20.7. The minimum atomic E-state index is 0. The first-order valence-corrected chi connectivity index (χ1v) is 4.91. The van der Waals surface area contributed by atoms with Crippen molar-refractivity contribution in [2.24, 2.45) is 0 Å². The van der Waals surface area contributed by atoms with Crippen LogP contribution in [-0.4, -0.2) is 31.6 Å². The predicted octanol–water partition coefficient (Wildman–Crippen LogP) is 2.12. The minimum Gasteiger partial charge on any atom is -0.399 e. The van der Waals surface area contributed by atoms with E-state index >= 15 is 0 Å². The number of nitrogens with two attached hydrogens (primary N) is 1. The van der Waals surface area contributed by atoms with Crippen LogP contribution in [0.25, 0.3) is 0 Å². The molecule has 2 N–H and O–H groups in total. The van der Waals surface area contributed by atoms with Gasteiger partial charge < -0.3 is 15.4 Å². The van der Waals surface area contributed by atoms with E-state index < -0.39 is 0 Å². The molecule has 1 aromatic rings. The Morgan fingerprint density at radius 2 is 1.88 bits per heavy atom. The molecule has 1 atom stereocenters. The van der Waals surface area contributed by atoms with Gasteiger partial charge in [-0.25, -0.2) is 0 Å². The van der Waals surface area contributed by atoms with Crippen LogP contribution < -0.4 is 5.73 Å². The topological polar surface area (TPSA) is 38.5 Å². The number of nitrogens with zero attached hydrogens (tertiary/aromatic N) is 1. The van der Waals surface area contributed by atoms with Crippen LogP contribution in [0.5, 0.6) is 0 Å². The Morgan fingerprint density at radius 3 is 2.44 bits per heavy atom. The van der Waals surface area contributed by atoms with Gasteiger partial charge >= 0.3 is 0 Å². The molecule has 0 amide bonds. The monoisotopic (exact) mass is 264 g/mol. The number of likely N-dealkylation sites (N-methyl/N-ethyl adjacent to an activating group) is 1. The molecule has 0 bridgehead atoms. The maximum absolute atomic E-state index is 5.69. The highest BCUT2D eigenvalue weighted by Crippen LogP contribution is 2.21. The number of morpholine rings is 1. The van der Waals surface area contributed by atoms with Crippen molar-refractivity contribution in [1.29, 1.82) is 0 Å². The summed E-state index contributed by atoms with van der Waals surface area (Å²) in [6.07, 6.45) is 0.203. The van der Waals surface area contributed by atoms with Crippen LogP contribution in [0, 0.1) is 0 Å². The van der Waals surface area contributed by atoms with Gasteiger partial charge in [0, 0.05) is 18.8 Å². The molecule has 92 valence electrons. The number of nitrogen functional groups attached to an aromatic ring is 1. The van der Waals surface area contributed by atoms with E-state index in [2.05, 4.69) is 11.9 Å². The van der Waals surface area contributed by atoms with Gasteiger partial charge in [0.25, 0.3) is 0 Å². The lowest BCUT2D eigenvalue weighted by atomic mass is 10.1. The fraction of sp³-hybridized carbons (Fsp3) is 0.455. The van der Waals surface area contributed by atoms with Crippen molar-refractivity contribution in [3.63, 3.8) is 0 Å². The van der Waals surface area contributed by atoms with Crippen LogP contribution in [-0.2, 0) is 4.74 Å². The fourth-order valence-electron chi connectivity index (χ4n) is 1.69. The van der Waals surface area contributed by atoms with Gasteiger partial charge in [-0.1, -0.05) is 12.1 Å². The quantitative estimate of drug-likeness (QED) is 0.790. The molecule has 0 aromatic heterocycles. The van der Waals surface area contributed by atoms with Gasteiger partial charge in [0.05, 0.1) is 12.7 Å². The zero-order chi connectivity index (χ0) is 9.97. The molecule has 1 fully saturated rings. The Labute approximate surface area is 109 Å². The molecule has 1 aromatic carbocycles. The number of anilines is 1. The van der Waals surface area contributed by atoms with E-state index in [1.807, 2.05) is 24.3 Å². The highest BCUT2D eigenvalue weighted by Gasteiger charge is 2.18. The lowest BCUT2D eigenvalue weighted by Gasteiger charge is -2.30. The number of halogens is 2. The molecule has 1 unspecified atom stereocenters. The summed E-state index contributed by atoms with van der Waals surface area (Å²) in [6, 6.07) is 7.93. The smallest absolute Gasteiger partial charge is 0.0952 e. The van der Waals surface area contributed by atoms with Crippen molar-refractivity contribution in [3.8, 4) is 0 Å². The van der Waals surface area contributed by atoms with Gasteiger partial charge in [-0.05, 0) is 24.7 Å². The van der Waals surface area contributed by atoms with E-state index in [1.165, 1.54) is 5.56 Å². The summed E-state index contributed by atoms with van der Waals surface area (Å²) < 4.78 is 5.69. The van der Waals surface area contributed by atoms with Crippen molar-refractivity contribution >= 4 is 30.5 Å². The molecular weight excluding hydrogens is 247 g/mol. The Bertz CT molecular complexity index is 305. The largest absolute Gasteiger partial charge is 0.399 e. The van der Waals surface area contributed by atoms with Crippen LogP contribution >= 0.6 is 24.8 Å². The van der Waals surface area contributed by atoms with Gasteiger partial charge in [-0.15, -0.1) is 24.8 Å². The second-order valence-corrected chi connectivity index (χ2v) is 3.79. The Kier molecular flexibility index (Phi) is 6.76. The van der Waals surface area contributed by atoms with Crippen LogP contribution in [0.2, 0.25) is 0 Å². The van der Waals surface area contributed by atoms with Crippen molar-refractivity contribution in [2.45, 2.75) is 6.10 Å². The first-order chi connectivity index (χ1) is 6.75. The van der Waals surface area contributed by atoms with Gasteiger partial charge in [0.15, 0.2) is 0 Å². The molecule has 1 aliphatic heterocycles. The van der Waals surface area contributed by atoms with Crippen LogP contribution in [0.1, 0.15) is 11.7 Å². The molecule has 1 heterocycles. The molecule has 0 radical (unpaired) electrons. The Hall–Kier alpha value is -0.480. The summed E-state index contributed by atoms with van der Waals surface area (Å²) in [7, 11) is 2.12. The number of ether oxygens (including phenoxy) is 1. The zero-order valence-corrected chi connectivity index (χ0v) is 10.9. The number of benzene rings is 1. The summed E-state index contributed by atoms with van der Waals surface area (Å²) in [5, 5.41) is 0. The number of hydrogen-bond acceptors (Lipinski definition) is 3. The lowest BCUT2D eigenvalue weighted by molar-refractivity contribution is -0.0208. The maximum Gasteiger partial charge on any atom is 0.0952 e. The van der Waals surface area contributed by atoms with Crippen LogP contribution in [0.3, 0.4) is 0 Å². The third-order valence-corrected chi connectivity index (χ3v) is 2.58. The first kappa shape index (κ1) is 15.5. The molecule has 5 heteroatoms. The SMILES string of the molecule is CN1CCOC(c2ccc(N)cc2)C1.Cl.Cl. The lowest BCUT2D eigenvalue weighted by Crippen LogP contribution is -2.35. The molecule has 1 saturated heterocycles. The average molecular weight is 265 g/mol. The highest BCUT2D eigenvalue weighted by atomic mass is 35.5. The van der Waals surface area contributed by atoms with Gasteiger partial charge in [0.1, 0.15) is 0 Å². The van der Waals surface area contributed by atoms with Crippen LogP contribution in [0.15, 0.2) is 24.3 Å². The minimum absolute atomic E-state index is 0. The number of hydrogen-bond donors (Lipinski definition) is 1. The fourth-order valence-corrected chi connectivity index (χ4v) is 1.69. The number of rotatable bonds is 1. The third-order valence-electron chi connectivity index (χ3n) is 2.58. The van der Waals surface area contributed by atoms with E-state index in [1.54, 1.807) is 0 Å². The van der Waals surface area contributed by atoms with Crippen LogP contribution in [0.4, 0.5) is 5.69 Å². The van der Waals surface area contributed by atoms with E-state index in [4.69, 9.17) is 10.5 Å². The van der Waals surface area contributed by atoms with Gasteiger partial charge in [0.2, 0.25) is 0 Å². The molecule has 0 aliphatic carbocycles. The van der Waals surface area contributed by atoms with Gasteiger partial charge in [-0.3, -0.25) is 0 Å². The third kappa shape index (κ3) is 3.83. The highest BCUT2D eigenvalue weighted by molar-refractivity contribution is 5.85. The Balaban J connectivity index is 0.00000112. The second kappa shape index (κ2) is 6.97. The molecule has 16 heavy (non-hydrogen) atoms. The van der Waals surface area contributed by atoms with Crippen molar-refractivity contribution in [3.05, 3.63) is 29.8 Å². The van der Waals surface area contributed by atoms with Gasteiger partial charge in [-0.2, -0.15) is 0 Å². The molecule has 1 aliphatic rings. The zero-order valence-electron chi connectivity index (χ0n) is 9.26. The molecule has 0 saturated carbocycles. The van der Waals surface area contributed by atoms with E-state index in [-0.39, 0.29) is 30.9 Å². The average Bonchev–Trinajstić information content (AvgIpc) is 2.19. The second-order valence-electron chi connectivity index (χ2n) is 3.79. The molecule has 2 rings (SSSR count). The summed E-state index contributed by atoms with van der Waals surface area (Å²) in [4.78, 5) is 2.28. The summed E-state index contributed by atoms with van der Waals surface area (Å²) in [5.41, 5.74) is 7.65. The summed E-state index contributed by atoms with van der Waals surface area (Å²) >= 11 is 0. The molecular formula is C11H18Cl2N2O. The standard InChI is InChI=1S/C11H16N2O.2ClH/c1-13-6-7-14-11(8-13)9-2-4-10(12)5-3-9;;/h2-5,11H,6-8,12H2,1H3;2*1H. The van der Waals surface area contributed by atoms with Crippen molar-refractivity contribution in [2.75, 3.05) is 32.5 Å². The van der Waals surface area contributed by atoms with E-state index in [9.17, 15) is 0 Å². The molecule has 3 nitrogen and oxygen atoms in total. The van der Waals surface area contributed by atoms with Crippen molar-refractivity contribution < 1.29 is 4.74 Å². The van der Waals surface area contributed by atoms with E-state index in [0.29, 0.717) is 0 Å². The molecule has 0 spiro atoms. The summed E-state index contributed by atoms with van der Waals surface area (Å²) in [5.74, 6) is 0. The predicted molar refractivity (Wildman–Crippen MR) is 71.5 cm³/mol. The first-order valence-electron chi connectivity index (χ1n) is 4.91. The van der Waals surface area contributed by atoms with Crippen molar-refractivity contribution in [1.82, 2.24) is 4.90 Å². The van der Waals surface area contributed by atoms with E-state index in [0.717, 1.165) is 25.4 Å². The Morgan fingerprint density at radius 1 is 1.25 bits per heavy atom. The maximum atomic E-state index is 5.69. The summed E-state index contributed by atoms with van der Waals surface area (Å²) in [6.45, 7) is 2.79.